The summed E-state index contributed by atoms with van der Waals surface area (Å²) >= 11 is 0. The van der Waals surface area contributed by atoms with Crippen LogP contribution in [-0.2, 0) is 4.79 Å². The minimum atomic E-state index is -0.783. The number of aryl methyl sites for hydroxylation is 1. The number of aromatic hydroxyl groups is 2. The van der Waals surface area contributed by atoms with Crippen LogP contribution in [-0.4, -0.2) is 29.8 Å². The van der Waals surface area contributed by atoms with Gasteiger partial charge in [-0.05, 0) is 24.6 Å². The second-order valence-corrected chi connectivity index (χ2v) is 5.60. The Labute approximate surface area is 150 Å². The fourth-order valence-electron chi connectivity index (χ4n) is 2.54. The molecular weight excluding hydrogens is 338 g/mol. The van der Waals surface area contributed by atoms with Gasteiger partial charge in [-0.2, -0.15) is 0 Å². The molecule has 0 fully saturated rings. The number of nitrogens with one attached hydrogen (secondary N) is 1. The van der Waals surface area contributed by atoms with Gasteiger partial charge < -0.3 is 24.7 Å². The molecule has 0 aliphatic heterocycles. The van der Waals surface area contributed by atoms with Gasteiger partial charge in [0.2, 0.25) is 17.1 Å². The molecule has 1 amide bonds. The maximum absolute atomic E-state index is 12.2. The van der Waals surface area contributed by atoms with E-state index in [0.717, 1.165) is 6.07 Å². The maximum Gasteiger partial charge on any atom is 0.227 e. The Kier molecular flexibility index (Phi) is 5.91. The van der Waals surface area contributed by atoms with Crippen molar-refractivity contribution >= 4 is 5.91 Å². The van der Waals surface area contributed by atoms with Crippen LogP contribution < -0.4 is 15.5 Å². The molecule has 0 aliphatic carbocycles. The molecule has 0 saturated heterocycles. The van der Waals surface area contributed by atoms with Crippen molar-refractivity contribution in [3.8, 4) is 29.6 Å². The van der Waals surface area contributed by atoms with E-state index >= 15 is 0 Å². The van der Waals surface area contributed by atoms with E-state index in [1.54, 1.807) is 13.0 Å². The molecule has 0 bridgehead atoms. The van der Waals surface area contributed by atoms with E-state index in [0.29, 0.717) is 11.3 Å². The highest BCUT2D eigenvalue weighted by Gasteiger charge is 2.26. The van der Waals surface area contributed by atoms with Crippen molar-refractivity contribution in [2.45, 2.75) is 19.3 Å². The molecule has 1 aromatic carbocycles. The lowest BCUT2D eigenvalue weighted by atomic mass is 9.91. The number of ether oxygens (including phenoxy) is 1. The first-order chi connectivity index (χ1) is 12.4. The molecule has 2 rings (SSSR count). The summed E-state index contributed by atoms with van der Waals surface area (Å²) in [5.41, 5.74) is -0.0944. The van der Waals surface area contributed by atoms with Crippen molar-refractivity contribution in [3.05, 3.63) is 51.6 Å². The molecule has 0 saturated carbocycles. The maximum atomic E-state index is 12.2. The fourth-order valence-corrected chi connectivity index (χ4v) is 2.54. The van der Waals surface area contributed by atoms with Crippen molar-refractivity contribution in [1.29, 1.82) is 0 Å². The summed E-state index contributed by atoms with van der Waals surface area (Å²) in [4.78, 5) is 24.1. The highest BCUT2D eigenvalue weighted by Crippen LogP contribution is 2.37. The third-order valence-corrected chi connectivity index (χ3v) is 3.77. The molecule has 3 N–H and O–H groups in total. The van der Waals surface area contributed by atoms with Crippen LogP contribution in [0.5, 0.6) is 17.2 Å². The highest BCUT2D eigenvalue weighted by atomic mass is 16.5. The summed E-state index contributed by atoms with van der Waals surface area (Å²) in [5.74, 6) is 0.914. The Morgan fingerprint density at radius 2 is 2.12 bits per heavy atom. The number of amides is 1. The lowest BCUT2D eigenvalue weighted by Gasteiger charge is -2.18. The molecule has 0 spiro atoms. The fraction of sp³-hybridized carbons (Fsp3) is 0.263. The Bertz CT molecular complexity index is 909. The van der Waals surface area contributed by atoms with E-state index < -0.39 is 17.1 Å². The Morgan fingerprint density at radius 3 is 2.77 bits per heavy atom. The average Bonchev–Trinajstić information content (AvgIpc) is 2.61. The third-order valence-electron chi connectivity index (χ3n) is 3.77. The number of methoxy groups -OCH3 is 1. The van der Waals surface area contributed by atoms with Gasteiger partial charge in [0.25, 0.3) is 0 Å². The average molecular weight is 357 g/mol. The Morgan fingerprint density at radius 1 is 1.38 bits per heavy atom. The van der Waals surface area contributed by atoms with Crippen molar-refractivity contribution in [2.24, 2.45) is 0 Å². The van der Waals surface area contributed by atoms with Crippen molar-refractivity contribution in [2.75, 3.05) is 13.7 Å². The molecule has 0 aliphatic rings. The van der Waals surface area contributed by atoms with Crippen LogP contribution in [0.4, 0.5) is 0 Å². The first-order valence-electron chi connectivity index (χ1n) is 7.78. The van der Waals surface area contributed by atoms with E-state index in [4.69, 9.17) is 15.6 Å². The van der Waals surface area contributed by atoms with Gasteiger partial charge in [0, 0.05) is 12.5 Å². The predicted octanol–water partition coefficient (Wildman–Crippen LogP) is 1.64. The number of carbonyl (C=O) groups is 1. The Balaban J connectivity index is 2.55. The first kappa shape index (κ1) is 18.9. The van der Waals surface area contributed by atoms with Crippen LogP contribution in [0.15, 0.2) is 33.5 Å². The van der Waals surface area contributed by atoms with Crippen LogP contribution in [0.2, 0.25) is 0 Å². The molecule has 7 nitrogen and oxygen atoms in total. The monoisotopic (exact) mass is 357 g/mol. The summed E-state index contributed by atoms with van der Waals surface area (Å²) in [6.07, 6.45) is 5.01. The lowest BCUT2D eigenvalue weighted by Crippen LogP contribution is -2.26. The van der Waals surface area contributed by atoms with E-state index in [-0.39, 0.29) is 36.1 Å². The SMILES string of the molecule is C#CCNC(=O)C[C@H](c1ccc(O)c(OC)c1)c1oc(C)cc(=O)c1O. The van der Waals surface area contributed by atoms with Crippen LogP contribution in [0.1, 0.15) is 29.4 Å². The number of hydrogen-bond donors (Lipinski definition) is 3. The van der Waals surface area contributed by atoms with Gasteiger partial charge in [-0.1, -0.05) is 12.0 Å². The standard InChI is InChI=1S/C19H19NO6/c1-4-7-20-17(23)10-13(12-5-6-14(21)16(9-12)25-3)19-18(24)15(22)8-11(2)26-19/h1,5-6,8-9,13,21,24H,7,10H2,2-3H3,(H,20,23)/t13-/m1/s1. The van der Waals surface area contributed by atoms with Gasteiger partial charge in [0.15, 0.2) is 17.3 Å². The number of hydrogen-bond acceptors (Lipinski definition) is 6. The number of carbonyl (C=O) groups excluding carboxylic acids is 1. The number of terminal acetylenes is 1. The summed E-state index contributed by atoms with van der Waals surface area (Å²) in [6.45, 7) is 1.62. The zero-order chi connectivity index (χ0) is 19.3. The predicted molar refractivity (Wildman–Crippen MR) is 94.3 cm³/mol. The van der Waals surface area contributed by atoms with Crippen molar-refractivity contribution in [1.82, 2.24) is 5.32 Å². The molecule has 1 aromatic heterocycles. The lowest BCUT2D eigenvalue weighted by molar-refractivity contribution is -0.121. The topological polar surface area (TPSA) is 109 Å². The third kappa shape index (κ3) is 4.16. The minimum absolute atomic E-state index is 0.0430. The molecule has 1 atom stereocenters. The summed E-state index contributed by atoms with van der Waals surface area (Å²) in [7, 11) is 1.39. The number of phenolic OH excluding ortho intramolecular Hbond substituents is 1. The van der Waals surface area contributed by atoms with Crippen molar-refractivity contribution in [3.63, 3.8) is 0 Å². The number of phenols is 1. The zero-order valence-electron chi connectivity index (χ0n) is 14.4. The molecular formula is C19H19NO6. The van der Waals surface area contributed by atoms with Gasteiger partial charge in [0.1, 0.15) is 5.76 Å². The number of benzene rings is 1. The summed E-state index contributed by atoms with van der Waals surface area (Å²) in [5, 5.41) is 22.5. The van der Waals surface area contributed by atoms with E-state index in [1.807, 2.05) is 0 Å². The second kappa shape index (κ2) is 8.12. The van der Waals surface area contributed by atoms with Crippen LogP contribution in [0.3, 0.4) is 0 Å². The zero-order valence-corrected chi connectivity index (χ0v) is 14.4. The van der Waals surface area contributed by atoms with Crippen molar-refractivity contribution < 1.29 is 24.2 Å². The first-order valence-corrected chi connectivity index (χ1v) is 7.78. The quantitative estimate of drug-likeness (QED) is 0.678. The van der Waals surface area contributed by atoms with Gasteiger partial charge >= 0.3 is 0 Å². The van der Waals surface area contributed by atoms with Gasteiger partial charge in [-0.15, -0.1) is 6.42 Å². The van der Waals surface area contributed by atoms with E-state index in [9.17, 15) is 19.8 Å². The van der Waals surface area contributed by atoms with Gasteiger partial charge in [0.05, 0.1) is 19.6 Å². The van der Waals surface area contributed by atoms with Gasteiger partial charge in [-0.3, -0.25) is 9.59 Å². The minimum Gasteiger partial charge on any atom is -0.504 e. The molecule has 7 heteroatoms. The van der Waals surface area contributed by atoms with E-state index in [2.05, 4.69) is 11.2 Å². The summed E-state index contributed by atoms with van der Waals surface area (Å²) in [6, 6.07) is 5.62. The molecule has 0 radical (unpaired) electrons. The van der Waals surface area contributed by atoms with E-state index in [1.165, 1.54) is 19.2 Å². The molecule has 2 aromatic rings. The van der Waals surface area contributed by atoms with Crippen LogP contribution in [0, 0.1) is 19.3 Å². The molecule has 1 heterocycles. The van der Waals surface area contributed by atoms with Crippen LogP contribution >= 0.6 is 0 Å². The summed E-state index contributed by atoms with van der Waals surface area (Å²) < 4.78 is 10.6. The second-order valence-electron chi connectivity index (χ2n) is 5.60. The number of rotatable bonds is 6. The van der Waals surface area contributed by atoms with Gasteiger partial charge in [-0.25, -0.2) is 0 Å². The highest BCUT2D eigenvalue weighted by molar-refractivity contribution is 5.78. The molecule has 26 heavy (non-hydrogen) atoms. The largest absolute Gasteiger partial charge is 0.504 e. The molecule has 136 valence electrons. The normalized spacial score (nSPS) is 11.4. The Hall–Kier alpha value is -3.40. The smallest absolute Gasteiger partial charge is 0.227 e. The van der Waals surface area contributed by atoms with Crippen LogP contribution in [0.25, 0.3) is 0 Å². The molecule has 0 unspecified atom stereocenters.